The van der Waals surface area contributed by atoms with Gasteiger partial charge in [0.05, 0.1) is 25.7 Å². The van der Waals surface area contributed by atoms with Crippen LogP contribution in [0.3, 0.4) is 0 Å². The van der Waals surface area contributed by atoms with E-state index in [1.807, 2.05) is 12.1 Å². The highest BCUT2D eigenvalue weighted by atomic mass is 35.5. The molecule has 0 aliphatic rings. The lowest BCUT2D eigenvalue weighted by Gasteiger charge is -2.15. The molecule has 8 heteroatoms. The van der Waals surface area contributed by atoms with Crippen molar-refractivity contribution in [3.63, 3.8) is 0 Å². The Bertz CT molecular complexity index is 1340. The topological polar surface area (TPSA) is 66.1 Å². The maximum Gasteiger partial charge on any atom is 0.332 e. The molecule has 0 saturated heterocycles. The summed E-state index contributed by atoms with van der Waals surface area (Å²) in [5.74, 6) is 0.695. The third kappa shape index (κ3) is 3.84. The lowest BCUT2D eigenvalue weighted by atomic mass is 10.2. The van der Waals surface area contributed by atoms with E-state index in [-0.39, 0.29) is 18.6 Å². The molecule has 0 bridgehead atoms. The zero-order valence-corrected chi connectivity index (χ0v) is 17.5. The first kappa shape index (κ1) is 20.2. The van der Waals surface area contributed by atoms with E-state index >= 15 is 0 Å². The molecule has 2 aromatic carbocycles. The number of hydrogen-bond donors (Lipinski definition) is 0. The fourth-order valence-corrected chi connectivity index (χ4v) is 3.74. The molecule has 0 unspecified atom stereocenters. The van der Waals surface area contributed by atoms with Crippen molar-refractivity contribution in [1.82, 2.24) is 14.1 Å². The molecule has 4 rings (SSSR count). The van der Waals surface area contributed by atoms with Gasteiger partial charge >= 0.3 is 5.69 Å². The van der Waals surface area contributed by atoms with Gasteiger partial charge in [0.25, 0.3) is 5.56 Å². The average molecular weight is 442 g/mol. The normalized spacial score (nSPS) is 11.0. The number of pyridine rings is 1. The van der Waals surface area contributed by atoms with E-state index in [4.69, 9.17) is 27.9 Å². The van der Waals surface area contributed by atoms with Crippen LogP contribution in [-0.2, 0) is 13.1 Å². The zero-order chi connectivity index (χ0) is 21.3. The first-order valence-corrected chi connectivity index (χ1v) is 9.89. The van der Waals surface area contributed by atoms with E-state index in [9.17, 15) is 9.59 Å². The Hall–Kier alpha value is -3.09. The van der Waals surface area contributed by atoms with Crippen molar-refractivity contribution in [2.75, 3.05) is 7.11 Å². The maximum atomic E-state index is 13.3. The number of halogens is 2. The number of ether oxygens (including phenoxy) is 1. The summed E-state index contributed by atoms with van der Waals surface area (Å²) in [6, 6.07) is 15.7. The summed E-state index contributed by atoms with van der Waals surface area (Å²) in [5, 5.41) is 0.950. The molecular formula is C22H17Cl2N3O3. The lowest BCUT2D eigenvalue weighted by Crippen LogP contribution is -2.40. The van der Waals surface area contributed by atoms with Crippen LogP contribution >= 0.6 is 23.2 Å². The van der Waals surface area contributed by atoms with Gasteiger partial charge in [-0.2, -0.15) is 0 Å². The van der Waals surface area contributed by atoms with Crippen molar-refractivity contribution in [2.24, 2.45) is 0 Å². The van der Waals surface area contributed by atoms with Gasteiger partial charge in [0.1, 0.15) is 5.75 Å². The van der Waals surface area contributed by atoms with Crippen molar-refractivity contribution < 1.29 is 4.74 Å². The highest BCUT2D eigenvalue weighted by Crippen LogP contribution is 2.22. The van der Waals surface area contributed by atoms with Crippen LogP contribution in [-0.4, -0.2) is 21.2 Å². The minimum atomic E-state index is -0.442. The lowest BCUT2D eigenvalue weighted by molar-refractivity contribution is 0.414. The first-order valence-electron chi connectivity index (χ1n) is 9.13. The van der Waals surface area contributed by atoms with Crippen LogP contribution in [0.2, 0.25) is 10.0 Å². The summed E-state index contributed by atoms with van der Waals surface area (Å²) in [4.78, 5) is 30.6. The summed E-state index contributed by atoms with van der Waals surface area (Å²) in [6.45, 7) is 0.294. The van der Waals surface area contributed by atoms with E-state index in [1.165, 1.54) is 15.3 Å². The minimum absolute atomic E-state index is 0.114. The fraction of sp³-hybridized carbons (Fsp3) is 0.136. The Labute approximate surface area is 181 Å². The van der Waals surface area contributed by atoms with E-state index in [2.05, 4.69) is 4.98 Å². The van der Waals surface area contributed by atoms with Gasteiger partial charge in [0, 0.05) is 16.2 Å². The molecule has 4 aromatic rings. The third-order valence-corrected chi connectivity index (χ3v) is 5.42. The van der Waals surface area contributed by atoms with Crippen LogP contribution in [0.5, 0.6) is 5.75 Å². The maximum absolute atomic E-state index is 13.3. The second kappa shape index (κ2) is 8.34. The molecule has 0 N–H and O–H groups in total. The largest absolute Gasteiger partial charge is 0.497 e. The Balaban J connectivity index is 1.86. The van der Waals surface area contributed by atoms with Gasteiger partial charge in [-0.1, -0.05) is 41.4 Å². The van der Waals surface area contributed by atoms with E-state index < -0.39 is 11.2 Å². The van der Waals surface area contributed by atoms with Gasteiger partial charge in [-0.15, -0.1) is 0 Å². The summed E-state index contributed by atoms with van der Waals surface area (Å²) < 4.78 is 7.85. The van der Waals surface area contributed by atoms with Crippen LogP contribution < -0.4 is 16.0 Å². The second-order valence-electron chi connectivity index (χ2n) is 6.71. The van der Waals surface area contributed by atoms with E-state index in [1.54, 1.807) is 49.6 Å². The zero-order valence-electron chi connectivity index (χ0n) is 16.0. The summed E-state index contributed by atoms with van der Waals surface area (Å²) >= 11 is 12.3. The minimum Gasteiger partial charge on any atom is -0.497 e. The van der Waals surface area contributed by atoms with Crippen LogP contribution in [0.4, 0.5) is 0 Å². The predicted octanol–water partition coefficient (Wildman–Crippen LogP) is 3.97. The molecule has 2 heterocycles. The van der Waals surface area contributed by atoms with Crippen LogP contribution in [0, 0.1) is 0 Å². The Morgan fingerprint density at radius 2 is 1.73 bits per heavy atom. The molecule has 0 aliphatic carbocycles. The number of fused-ring (bicyclic) bond motifs is 1. The van der Waals surface area contributed by atoms with Crippen LogP contribution in [0.1, 0.15) is 11.1 Å². The highest BCUT2D eigenvalue weighted by molar-refractivity contribution is 6.35. The van der Waals surface area contributed by atoms with Crippen molar-refractivity contribution in [2.45, 2.75) is 13.1 Å². The molecule has 30 heavy (non-hydrogen) atoms. The number of methoxy groups -OCH3 is 1. The quantitative estimate of drug-likeness (QED) is 0.469. The van der Waals surface area contributed by atoms with E-state index in [0.717, 1.165) is 5.56 Å². The fourth-order valence-electron chi connectivity index (χ4n) is 3.27. The van der Waals surface area contributed by atoms with Gasteiger partial charge in [-0.05, 0) is 47.5 Å². The monoisotopic (exact) mass is 441 g/mol. The first-order chi connectivity index (χ1) is 14.5. The molecule has 152 valence electrons. The molecule has 0 saturated carbocycles. The number of nitrogens with zero attached hydrogens (tertiary/aromatic N) is 3. The van der Waals surface area contributed by atoms with Crippen molar-refractivity contribution in [1.29, 1.82) is 0 Å². The number of rotatable bonds is 5. The summed E-state index contributed by atoms with van der Waals surface area (Å²) in [7, 11) is 1.58. The van der Waals surface area contributed by atoms with E-state index in [0.29, 0.717) is 26.9 Å². The highest BCUT2D eigenvalue weighted by Gasteiger charge is 2.15. The Morgan fingerprint density at radius 3 is 2.43 bits per heavy atom. The second-order valence-corrected chi connectivity index (χ2v) is 7.56. The van der Waals surface area contributed by atoms with Gasteiger partial charge in [-0.3, -0.25) is 13.9 Å². The molecule has 0 radical (unpaired) electrons. The Kier molecular flexibility index (Phi) is 5.61. The number of aromatic nitrogens is 3. The molecule has 6 nitrogen and oxygen atoms in total. The molecule has 0 fully saturated rings. The van der Waals surface area contributed by atoms with Crippen LogP contribution in [0.15, 0.2) is 70.4 Å². The summed E-state index contributed by atoms with van der Waals surface area (Å²) in [6.07, 6.45) is 1.53. The smallest absolute Gasteiger partial charge is 0.332 e. The molecule has 0 spiro atoms. The molecule has 0 amide bonds. The van der Waals surface area contributed by atoms with Crippen LogP contribution in [0.25, 0.3) is 11.0 Å². The molecule has 0 aliphatic heterocycles. The SMILES string of the molecule is COc1ccc(Cn2c(=O)c3ncccc3n(Cc3ccc(Cl)cc3Cl)c2=O)cc1. The van der Waals surface area contributed by atoms with Gasteiger partial charge in [0.15, 0.2) is 5.52 Å². The third-order valence-electron chi connectivity index (χ3n) is 4.83. The number of benzene rings is 2. The summed E-state index contributed by atoms with van der Waals surface area (Å²) in [5.41, 5.74) is 1.29. The number of hydrogen-bond acceptors (Lipinski definition) is 4. The van der Waals surface area contributed by atoms with Crippen molar-refractivity contribution in [3.05, 3.63) is 103 Å². The molecule has 0 atom stereocenters. The predicted molar refractivity (Wildman–Crippen MR) is 118 cm³/mol. The Morgan fingerprint density at radius 1 is 0.967 bits per heavy atom. The van der Waals surface area contributed by atoms with Crippen molar-refractivity contribution >= 4 is 34.2 Å². The van der Waals surface area contributed by atoms with Crippen molar-refractivity contribution in [3.8, 4) is 5.75 Å². The average Bonchev–Trinajstić information content (AvgIpc) is 2.76. The standard InChI is InChI=1S/C22H17Cl2N3O3/c1-30-17-8-4-14(5-9-17)12-27-21(28)20-19(3-2-10-25-20)26(22(27)29)13-15-6-7-16(23)11-18(15)24/h2-11H,12-13H2,1H3. The van der Waals surface area contributed by atoms with Gasteiger partial charge < -0.3 is 4.74 Å². The molecule has 2 aromatic heterocycles. The van der Waals surface area contributed by atoms with Gasteiger partial charge in [0.2, 0.25) is 0 Å². The van der Waals surface area contributed by atoms with Gasteiger partial charge in [-0.25, -0.2) is 9.78 Å². The molecular weight excluding hydrogens is 425 g/mol.